The number of hydrogen-bond acceptors (Lipinski definition) is 2. The van der Waals surface area contributed by atoms with E-state index in [1.165, 1.54) is 4.90 Å². The fourth-order valence-corrected chi connectivity index (χ4v) is 3.99. The van der Waals surface area contributed by atoms with Crippen molar-refractivity contribution in [2.45, 2.75) is 58.7 Å². The summed E-state index contributed by atoms with van der Waals surface area (Å²) in [5.41, 5.74) is 0.849. The highest BCUT2D eigenvalue weighted by Gasteiger charge is 2.31. The van der Waals surface area contributed by atoms with Crippen molar-refractivity contribution in [3.05, 3.63) is 67.6 Å². The van der Waals surface area contributed by atoms with Crippen LogP contribution in [0.2, 0.25) is 20.1 Å². The molecule has 1 unspecified atom stereocenters. The Morgan fingerprint density at radius 2 is 1.58 bits per heavy atom. The van der Waals surface area contributed by atoms with Crippen LogP contribution in [0.3, 0.4) is 0 Å². The van der Waals surface area contributed by atoms with Gasteiger partial charge in [-0.05, 0) is 57.0 Å². The van der Waals surface area contributed by atoms with Crippen molar-refractivity contribution in [3.8, 4) is 0 Å². The van der Waals surface area contributed by atoms with Gasteiger partial charge in [-0.3, -0.25) is 9.59 Å². The summed E-state index contributed by atoms with van der Waals surface area (Å²) in [4.78, 5) is 28.0. The maximum Gasteiger partial charge on any atom is 0.243 e. The van der Waals surface area contributed by atoms with Gasteiger partial charge in [0.05, 0.1) is 16.5 Å². The molecule has 8 heteroatoms. The quantitative estimate of drug-likeness (QED) is 0.464. The van der Waals surface area contributed by atoms with Gasteiger partial charge < -0.3 is 10.2 Å². The average molecular weight is 504 g/mol. The van der Waals surface area contributed by atoms with Gasteiger partial charge in [0, 0.05) is 27.7 Å². The van der Waals surface area contributed by atoms with Crippen molar-refractivity contribution >= 4 is 58.2 Å². The molecule has 0 spiro atoms. The largest absolute Gasteiger partial charge is 0.350 e. The van der Waals surface area contributed by atoms with E-state index in [0.717, 1.165) is 0 Å². The maximum absolute atomic E-state index is 13.4. The first-order valence-corrected chi connectivity index (χ1v) is 11.4. The summed E-state index contributed by atoms with van der Waals surface area (Å²) in [5, 5.41) is 4.61. The third-order valence-electron chi connectivity index (χ3n) is 4.61. The molecule has 0 fully saturated rings. The van der Waals surface area contributed by atoms with E-state index in [9.17, 15) is 9.59 Å². The van der Waals surface area contributed by atoms with Crippen LogP contribution in [0.15, 0.2) is 36.4 Å². The maximum atomic E-state index is 13.4. The molecule has 0 saturated heterocycles. The van der Waals surface area contributed by atoms with Gasteiger partial charge in [0.1, 0.15) is 6.04 Å². The lowest BCUT2D eigenvalue weighted by atomic mass is 10.0. The molecule has 0 saturated carbocycles. The Morgan fingerprint density at radius 1 is 0.968 bits per heavy atom. The van der Waals surface area contributed by atoms with Crippen LogP contribution in [0.5, 0.6) is 0 Å². The first kappa shape index (κ1) is 25.8. The fraction of sp³-hybridized carbons (Fsp3) is 0.391. The van der Waals surface area contributed by atoms with Crippen LogP contribution in [0.25, 0.3) is 0 Å². The van der Waals surface area contributed by atoms with Crippen LogP contribution in [0.1, 0.15) is 45.2 Å². The van der Waals surface area contributed by atoms with Crippen LogP contribution in [-0.4, -0.2) is 28.3 Å². The molecule has 0 aliphatic carbocycles. The van der Waals surface area contributed by atoms with Crippen LogP contribution >= 0.6 is 46.4 Å². The van der Waals surface area contributed by atoms with E-state index in [1.807, 2.05) is 27.7 Å². The van der Waals surface area contributed by atoms with Crippen LogP contribution in [-0.2, 0) is 22.6 Å². The van der Waals surface area contributed by atoms with E-state index >= 15 is 0 Å². The molecule has 4 nitrogen and oxygen atoms in total. The molecule has 0 radical (unpaired) electrons. The van der Waals surface area contributed by atoms with Gasteiger partial charge in [0.2, 0.25) is 11.8 Å². The van der Waals surface area contributed by atoms with Crippen LogP contribution < -0.4 is 5.32 Å². The van der Waals surface area contributed by atoms with Crippen LogP contribution in [0.4, 0.5) is 0 Å². The number of benzene rings is 2. The first-order chi connectivity index (χ1) is 14.4. The van der Waals surface area contributed by atoms with E-state index in [2.05, 4.69) is 5.32 Å². The minimum atomic E-state index is -0.693. The Morgan fingerprint density at radius 3 is 2.10 bits per heavy atom. The number of rotatable bonds is 7. The molecule has 2 aromatic carbocycles. The molecule has 2 rings (SSSR count). The second-order valence-corrected chi connectivity index (χ2v) is 9.94. The standard InChI is InChI=1S/C23H26Cl4N2O2/c1-5-20(22(31)28-23(2,3)4)29(13-15-16(24)7-6-8-17(15)25)21(30)12-14-9-10-18(26)19(27)11-14/h6-11,20H,5,12-13H2,1-4H3,(H,28,31). The summed E-state index contributed by atoms with van der Waals surface area (Å²) in [7, 11) is 0. The van der Waals surface area contributed by atoms with E-state index in [4.69, 9.17) is 46.4 Å². The molecule has 168 valence electrons. The Hall–Kier alpha value is -1.46. The number of carbonyl (C=O) groups excluding carboxylic acids is 2. The highest BCUT2D eigenvalue weighted by atomic mass is 35.5. The van der Waals surface area contributed by atoms with E-state index in [-0.39, 0.29) is 24.8 Å². The number of nitrogens with one attached hydrogen (secondary N) is 1. The third kappa shape index (κ3) is 7.28. The molecule has 2 amide bonds. The lowest BCUT2D eigenvalue weighted by Gasteiger charge is -2.33. The van der Waals surface area contributed by atoms with Gasteiger partial charge in [-0.1, -0.05) is 65.5 Å². The number of carbonyl (C=O) groups is 2. The fourth-order valence-electron chi connectivity index (χ4n) is 3.15. The molecular formula is C23H26Cl4N2O2. The van der Waals surface area contributed by atoms with Gasteiger partial charge in [0.25, 0.3) is 0 Å². The average Bonchev–Trinajstić information content (AvgIpc) is 2.65. The Labute approximate surface area is 203 Å². The van der Waals surface area contributed by atoms with Crippen molar-refractivity contribution in [2.24, 2.45) is 0 Å². The minimum Gasteiger partial charge on any atom is -0.350 e. The van der Waals surface area contributed by atoms with Crippen molar-refractivity contribution in [2.75, 3.05) is 0 Å². The Kier molecular flexibility index (Phi) is 9.08. The smallest absolute Gasteiger partial charge is 0.243 e. The van der Waals surface area contributed by atoms with Crippen molar-refractivity contribution < 1.29 is 9.59 Å². The lowest BCUT2D eigenvalue weighted by molar-refractivity contribution is -0.141. The predicted octanol–water partition coefficient (Wildman–Crippen LogP) is 6.56. The second-order valence-electron chi connectivity index (χ2n) is 8.31. The number of halogens is 4. The third-order valence-corrected chi connectivity index (χ3v) is 6.06. The summed E-state index contributed by atoms with van der Waals surface area (Å²) < 4.78 is 0. The van der Waals surface area contributed by atoms with E-state index in [0.29, 0.717) is 37.6 Å². The Bertz CT molecular complexity index is 937. The predicted molar refractivity (Wildman–Crippen MR) is 129 cm³/mol. The molecule has 0 aromatic heterocycles. The van der Waals surface area contributed by atoms with Crippen molar-refractivity contribution in [1.29, 1.82) is 0 Å². The zero-order valence-electron chi connectivity index (χ0n) is 17.9. The van der Waals surface area contributed by atoms with Gasteiger partial charge in [-0.25, -0.2) is 0 Å². The molecular weight excluding hydrogens is 478 g/mol. The summed E-state index contributed by atoms with van der Waals surface area (Å²) in [5.74, 6) is -0.481. The minimum absolute atomic E-state index is 0.0538. The van der Waals surface area contributed by atoms with Crippen LogP contribution in [0, 0.1) is 0 Å². The zero-order valence-corrected chi connectivity index (χ0v) is 21.0. The molecule has 0 heterocycles. The van der Waals surface area contributed by atoms with Gasteiger partial charge in [-0.2, -0.15) is 0 Å². The summed E-state index contributed by atoms with van der Waals surface area (Å²) in [6.07, 6.45) is 0.482. The number of amides is 2. The van der Waals surface area contributed by atoms with E-state index in [1.54, 1.807) is 36.4 Å². The summed E-state index contributed by atoms with van der Waals surface area (Å²) >= 11 is 24.8. The molecule has 2 aromatic rings. The highest BCUT2D eigenvalue weighted by Crippen LogP contribution is 2.28. The van der Waals surface area contributed by atoms with E-state index < -0.39 is 11.6 Å². The molecule has 0 bridgehead atoms. The first-order valence-electron chi connectivity index (χ1n) is 9.91. The molecule has 0 aliphatic rings. The zero-order chi connectivity index (χ0) is 23.3. The highest BCUT2D eigenvalue weighted by molar-refractivity contribution is 6.42. The van der Waals surface area contributed by atoms with Crippen molar-refractivity contribution in [3.63, 3.8) is 0 Å². The molecule has 31 heavy (non-hydrogen) atoms. The SMILES string of the molecule is CCC(C(=O)NC(C)(C)C)N(Cc1c(Cl)cccc1Cl)C(=O)Cc1ccc(Cl)c(Cl)c1. The van der Waals surface area contributed by atoms with Crippen molar-refractivity contribution in [1.82, 2.24) is 10.2 Å². The van der Waals surface area contributed by atoms with Gasteiger partial charge in [0.15, 0.2) is 0 Å². The van der Waals surface area contributed by atoms with Gasteiger partial charge >= 0.3 is 0 Å². The molecule has 1 atom stereocenters. The molecule has 0 aliphatic heterocycles. The second kappa shape index (κ2) is 10.9. The Balaban J connectivity index is 2.41. The lowest BCUT2D eigenvalue weighted by Crippen LogP contribution is -2.53. The summed E-state index contributed by atoms with van der Waals surface area (Å²) in [6, 6.07) is 9.50. The monoisotopic (exact) mass is 502 g/mol. The normalized spacial score (nSPS) is 12.4. The molecule has 1 N–H and O–H groups in total. The van der Waals surface area contributed by atoms with Gasteiger partial charge in [-0.15, -0.1) is 0 Å². The topological polar surface area (TPSA) is 49.4 Å². The number of hydrogen-bond donors (Lipinski definition) is 1. The number of nitrogens with zero attached hydrogens (tertiary/aromatic N) is 1. The summed E-state index contributed by atoms with van der Waals surface area (Å²) in [6.45, 7) is 7.65.